The molecular weight excluding hydrogens is 364 g/mol. The van der Waals surface area contributed by atoms with Crippen LogP contribution in [0.15, 0.2) is 29.9 Å². The van der Waals surface area contributed by atoms with Gasteiger partial charge in [0.05, 0.1) is 6.61 Å². The van der Waals surface area contributed by atoms with Gasteiger partial charge < -0.3 is 14.5 Å². The number of piperidine rings is 1. The van der Waals surface area contributed by atoms with Crippen molar-refractivity contribution in [1.29, 1.82) is 0 Å². The van der Waals surface area contributed by atoms with Crippen molar-refractivity contribution in [2.45, 2.75) is 31.7 Å². The molecule has 0 aromatic carbocycles. The van der Waals surface area contributed by atoms with Crippen LogP contribution in [0, 0.1) is 0 Å². The molecule has 0 N–H and O–H groups in total. The summed E-state index contributed by atoms with van der Waals surface area (Å²) in [6.07, 6.45) is 5.78. The van der Waals surface area contributed by atoms with Gasteiger partial charge in [-0.15, -0.1) is 11.3 Å². The van der Waals surface area contributed by atoms with Crippen LogP contribution in [-0.4, -0.2) is 64.2 Å². The number of hydrogen-bond acceptors (Lipinski definition) is 5. The fourth-order valence-corrected chi connectivity index (χ4v) is 4.62. The Morgan fingerprint density at radius 2 is 2.00 bits per heavy atom. The average molecular weight is 388 g/mol. The number of ether oxygens (including phenoxy) is 1. The molecule has 0 bridgehead atoms. The third-order valence-electron chi connectivity index (χ3n) is 5.49. The summed E-state index contributed by atoms with van der Waals surface area (Å²) in [5, 5.41) is 6.26. The van der Waals surface area contributed by atoms with Crippen molar-refractivity contribution >= 4 is 23.2 Å². The monoisotopic (exact) mass is 388 g/mol. The molecule has 4 heterocycles. The largest absolute Gasteiger partial charge is 0.492 e. The van der Waals surface area contributed by atoms with Gasteiger partial charge in [-0.2, -0.15) is 5.10 Å². The third kappa shape index (κ3) is 3.12. The second kappa shape index (κ2) is 7.34. The minimum absolute atomic E-state index is 0.0149. The highest BCUT2D eigenvalue weighted by molar-refractivity contribution is 7.12. The number of carbonyl (C=O) groups is 2. The van der Waals surface area contributed by atoms with Gasteiger partial charge in [0, 0.05) is 38.6 Å². The first-order valence-corrected chi connectivity index (χ1v) is 10.3. The van der Waals surface area contributed by atoms with Gasteiger partial charge in [-0.3, -0.25) is 14.3 Å². The van der Waals surface area contributed by atoms with Crippen LogP contribution < -0.4 is 4.74 Å². The first-order valence-electron chi connectivity index (χ1n) is 9.45. The number of thiophene rings is 1. The van der Waals surface area contributed by atoms with E-state index in [0.717, 1.165) is 19.5 Å². The lowest BCUT2D eigenvalue weighted by molar-refractivity contribution is -0.147. The van der Waals surface area contributed by atoms with Gasteiger partial charge in [-0.25, -0.2) is 0 Å². The maximum atomic E-state index is 13.2. The zero-order valence-electron chi connectivity index (χ0n) is 15.5. The van der Waals surface area contributed by atoms with E-state index in [9.17, 15) is 9.59 Å². The second-order valence-corrected chi connectivity index (χ2v) is 7.88. The van der Waals surface area contributed by atoms with E-state index in [1.807, 2.05) is 40.4 Å². The maximum Gasteiger partial charge on any atom is 0.267 e. The fraction of sp³-hybridized carbons (Fsp3) is 0.526. The molecule has 2 aromatic rings. The van der Waals surface area contributed by atoms with Crippen LogP contribution in [0.2, 0.25) is 0 Å². The van der Waals surface area contributed by atoms with Crippen molar-refractivity contribution in [3.8, 4) is 5.75 Å². The lowest BCUT2D eigenvalue weighted by Gasteiger charge is -2.45. The molecule has 2 aliphatic rings. The molecule has 2 aromatic heterocycles. The average Bonchev–Trinajstić information content (AvgIpc) is 3.32. The number of rotatable bonds is 5. The summed E-state index contributed by atoms with van der Waals surface area (Å²) < 4.78 is 7.37. The number of nitrogens with zero attached hydrogens (tertiary/aromatic N) is 4. The number of aromatic nitrogens is 2. The van der Waals surface area contributed by atoms with Crippen LogP contribution in [0.3, 0.4) is 0 Å². The van der Waals surface area contributed by atoms with E-state index in [4.69, 9.17) is 4.74 Å². The van der Waals surface area contributed by atoms with Crippen LogP contribution in [0.25, 0.3) is 0 Å². The molecule has 0 atom stereocenters. The lowest BCUT2D eigenvalue weighted by atomic mass is 9.85. The van der Waals surface area contributed by atoms with Gasteiger partial charge in [0.2, 0.25) is 0 Å². The molecule has 2 saturated heterocycles. The van der Waals surface area contributed by atoms with Crippen LogP contribution in [-0.2, 0) is 10.3 Å². The Balaban J connectivity index is 1.52. The van der Waals surface area contributed by atoms with E-state index in [-0.39, 0.29) is 11.8 Å². The van der Waals surface area contributed by atoms with Gasteiger partial charge in [0.1, 0.15) is 16.2 Å². The van der Waals surface area contributed by atoms with Crippen molar-refractivity contribution in [2.75, 3.05) is 32.8 Å². The first kappa shape index (κ1) is 18.0. The molecule has 7 nitrogen and oxygen atoms in total. The second-order valence-electron chi connectivity index (χ2n) is 6.97. The summed E-state index contributed by atoms with van der Waals surface area (Å²) in [7, 11) is 0. The van der Waals surface area contributed by atoms with E-state index in [1.54, 1.807) is 10.9 Å². The Morgan fingerprint density at radius 3 is 2.59 bits per heavy atom. The summed E-state index contributed by atoms with van der Waals surface area (Å²) >= 11 is 1.40. The molecule has 27 heavy (non-hydrogen) atoms. The van der Waals surface area contributed by atoms with Crippen molar-refractivity contribution in [2.24, 2.45) is 0 Å². The summed E-state index contributed by atoms with van der Waals surface area (Å²) in [5.74, 6) is 0.766. The number of amides is 2. The Morgan fingerprint density at radius 1 is 1.22 bits per heavy atom. The van der Waals surface area contributed by atoms with Crippen LogP contribution in [0.4, 0.5) is 0 Å². The van der Waals surface area contributed by atoms with Crippen LogP contribution >= 0.6 is 11.3 Å². The Kier molecular flexibility index (Phi) is 4.90. The van der Waals surface area contributed by atoms with Crippen LogP contribution in [0.1, 0.15) is 35.9 Å². The van der Waals surface area contributed by atoms with Crippen molar-refractivity contribution in [3.63, 3.8) is 0 Å². The third-order valence-corrected chi connectivity index (χ3v) is 6.37. The summed E-state index contributed by atoms with van der Waals surface area (Å²) in [5.41, 5.74) is -0.682. The van der Waals surface area contributed by atoms with Crippen molar-refractivity contribution in [1.82, 2.24) is 19.6 Å². The quantitative estimate of drug-likeness (QED) is 0.788. The fourth-order valence-electron chi connectivity index (χ4n) is 3.82. The van der Waals surface area contributed by atoms with Gasteiger partial charge in [-0.1, -0.05) is 0 Å². The molecule has 0 saturated carbocycles. The molecular formula is C19H24N4O3S. The zero-order valence-corrected chi connectivity index (χ0v) is 16.3. The zero-order chi connectivity index (χ0) is 18.9. The Hall–Kier alpha value is -2.35. The highest BCUT2D eigenvalue weighted by Crippen LogP contribution is 2.35. The first-order chi connectivity index (χ1) is 13.2. The topological polar surface area (TPSA) is 67.7 Å². The molecule has 2 aliphatic heterocycles. The van der Waals surface area contributed by atoms with E-state index in [0.29, 0.717) is 43.2 Å². The highest BCUT2D eigenvalue weighted by atomic mass is 32.1. The summed E-state index contributed by atoms with van der Waals surface area (Å²) in [6.45, 7) is 5.13. The Labute approximate surface area is 162 Å². The van der Waals surface area contributed by atoms with Gasteiger partial charge in [0.25, 0.3) is 11.8 Å². The van der Waals surface area contributed by atoms with Crippen molar-refractivity contribution < 1.29 is 14.3 Å². The van der Waals surface area contributed by atoms with E-state index in [1.165, 1.54) is 11.3 Å². The van der Waals surface area contributed by atoms with E-state index in [2.05, 4.69) is 5.10 Å². The normalized spacial score (nSPS) is 18.9. The van der Waals surface area contributed by atoms with Gasteiger partial charge in [0.15, 0.2) is 0 Å². The minimum atomic E-state index is -0.682. The number of carbonyl (C=O) groups excluding carboxylic acids is 2. The SMILES string of the molecule is CCOc1ccsc1C(=O)N1CCC(C(=O)N2CCC2)(n2cccn2)CC1. The molecule has 144 valence electrons. The van der Waals surface area contributed by atoms with Gasteiger partial charge in [-0.05, 0) is 43.7 Å². The Bertz CT molecular complexity index is 805. The van der Waals surface area contributed by atoms with Crippen molar-refractivity contribution in [3.05, 3.63) is 34.8 Å². The smallest absolute Gasteiger partial charge is 0.267 e. The molecule has 0 radical (unpaired) electrons. The molecule has 2 fully saturated rings. The van der Waals surface area contributed by atoms with E-state index < -0.39 is 5.54 Å². The molecule has 0 spiro atoms. The molecule has 0 unspecified atom stereocenters. The predicted octanol–water partition coefficient (Wildman–Crippen LogP) is 2.21. The number of likely N-dealkylation sites (tertiary alicyclic amines) is 2. The maximum absolute atomic E-state index is 13.2. The lowest BCUT2D eigenvalue weighted by Crippen LogP contribution is -2.59. The minimum Gasteiger partial charge on any atom is -0.492 e. The molecule has 0 aliphatic carbocycles. The van der Waals surface area contributed by atoms with E-state index >= 15 is 0 Å². The summed E-state index contributed by atoms with van der Waals surface area (Å²) in [6, 6.07) is 3.69. The standard InChI is InChI=1S/C19H24N4O3S/c1-2-26-15-5-14-27-16(15)17(24)21-12-6-19(7-13-21,23-11-3-8-20-23)18(25)22-9-4-10-22/h3,5,8,11,14H,2,4,6-7,9-10,12-13H2,1H3. The highest BCUT2D eigenvalue weighted by Gasteiger charge is 2.47. The molecule has 4 rings (SSSR count). The predicted molar refractivity (Wildman–Crippen MR) is 102 cm³/mol. The molecule has 2 amide bonds. The molecule has 8 heteroatoms. The van der Waals surface area contributed by atoms with Gasteiger partial charge >= 0.3 is 0 Å². The number of hydrogen-bond donors (Lipinski definition) is 0. The summed E-state index contributed by atoms with van der Waals surface area (Å²) in [4.78, 5) is 30.5. The van der Waals surface area contributed by atoms with Crippen LogP contribution in [0.5, 0.6) is 5.75 Å².